The number of fused-ring (bicyclic) bond motifs is 1. The maximum atomic E-state index is 11.6. The van der Waals surface area contributed by atoms with Crippen molar-refractivity contribution >= 4 is 5.91 Å². The summed E-state index contributed by atoms with van der Waals surface area (Å²) in [7, 11) is 0. The number of nitrogens with one attached hydrogen (secondary N) is 2. The smallest absolute Gasteiger partial charge is 0.221 e. The van der Waals surface area contributed by atoms with E-state index in [-0.39, 0.29) is 5.91 Å². The minimum absolute atomic E-state index is 0.180. The Morgan fingerprint density at radius 3 is 2.89 bits per heavy atom. The van der Waals surface area contributed by atoms with Crippen molar-refractivity contribution in [1.29, 1.82) is 0 Å². The van der Waals surface area contributed by atoms with E-state index in [0.29, 0.717) is 18.4 Å². The molecule has 2 heterocycles. The summed E-state index contributed by atoms with van der Waals surface area (Å²) in [6.07, 6.45) is 5.92. The first kappa shape index (κ1) is 14.8. The molecular weight excluding hydrogens is 238 g/mol. The number of hydrogen-bond donors (Lipinski definition) is 2. The SMILES string of the molecule is CC(C)CNC(=O)CCNC1CCN2CCCCC12. The molecule has 0 aromatic carbocycles. The highest BCUT2D eigenvalue weighted by atomic mass is 16.1. The molecule has 2 fully saturated rings. The average Bonchev–Trinajstić information content (AvgIpc) is 2.80. The molecule has 2 N–H and O–H groups in total. The molecule has 0 aromatic rings. The van der Waals surface area contributed by atoms with E-state index in [2.05, 4.69) is 29.4 Å². The van der Waals surface area contributed by atoms with Gasteiger partial charge in [0.25, 0.3) is 0 Å². The van der Waals surface area contributed by atoms with Gasteiger partial charge in [-0.25, -0.2) is 0 Å². The number of rotatable bonds is 6. The minimum Gasteiger partial charge on any atom is -0.356 e. The molecule has 2 unspecified atom stereocenters. The summed E-state index contributed by atoms with van der Waals surface area (Å²) in [5, 5.41) is 6.57. The maximum absolute atomic E-state index is 11.6. The summed E-state index contributed by atoms with van der Waals surface area (Å²) in [5.41, 5.74) is 0. The fourth-order valence-electron chi connectivity index (χ4n) is 3.26. The summed E-state index contributed by atoms with van der Waals surface area (Å²) in [6, 6.07) is 1.34. The monoisotopic (exact) mass is 267 g/mol. The van der Waals surface area contributed by atoms with Gasteiger partial charge in [-0.3, -0.25) is 9.69 Å². The zero-order valence-corrected chi connectivity index (χ0v) is 12.5. The van der Waals surface area contributed by atoms with E-state index in [1.54, 1.807) is 0 Å². The van der Waals surface area contributed by atoms with Crippen molar-refractivity contribution in [2.75, 3.05) is 26.2 Å². The maximum Gasteiger partial charge on any atom is 0.221 e. The number of nitrogens with zero attached hydrogens (tertiary/aromatic N) is 1. The standard InChI is InChI=1S/C15H29N3O/c1-12(2)11-17-15(19)6-8-16-13-7-10-18-9-4-3-5-14(13)18/h12-14,16H,3-11H2,1-2H3,(H,17,19). The molecule has 4 nitrogen and oxygen atoms in total. The van der Waals surface area contributed by atoms with Crippen LogP contribution in [0.3, 0.4) is 0 Å². The lowest BCUT2D eigenvalue weighted by Gasteiger charge is -2.32. The van der Waals surface area contributed by atoms with Crippen LogP contribution in [-0.2, 0) is 4.79 Å². The number of hydrogen-bond acceptors (Lipinski definition) is 3. The first-order valence-electron chi connectivity index (χ1n) is 7.91. The molecule has 2 saturated heterocycles. The van der Waals surface area contributed by atoms with E-state index in [9.17, 15) is 4.79 Å². The van der Waals surface area contributed by atoms with Crippen molar-refractivity contribution in [3.8, 4) is 0 Å². The van der Waals surface area contributed by atoms with Crippen molar-refractivity contribution in [2.24, 2.45) is 5.92 Å². The average molecular weight is 267 g/mol. The molecule has 2 aliphatic heterocycles. The van der Waals surface area contributed by atoms with Gasteiger partial charge in [0, 0.05) is 38.1 Å². The van der Waals surface area contributed by atoms with Gasteiger partial charge in [0.1, 0.15) is 0 Å². The molecule has 0 bridgehead atoms. The van der Waals surface area contributed by atoms with Crippen LogP contribution in [0.1, 0.15) is 46.0 Å². The molecule has 0 aromatic heterocycles. The van der Waals surface area contributed by atoms with E-state index in [4.69, 9.17) is 0 Å². The van der Waals surface area contributed by atoms with Crippen LogP contribution in [0, 0.1) is 5.92 Å². The Kier molecular flexibility index (Phi) is 5.64. The molecule has 4 heteroatoms. The van der Waals surface area contributed by atoms with Crippen molar-refractivity contribution < 1.29 is 4.79 Å². The van der Waals surface area contributed by atoms with E-state index in [1.807, 2.05) is 0 Å². The molecule has 0 radical (unpaired) electrons. The topological polar surface area (TPSA) is 44.4 Å². The van der Waals surface area contributed by atoms with Crippen LogP contribution in [0.25, 0.3) is 0 Å². The van der Waals surface area contributed by atoms with Crippen LogP contribution >= 0.6 is 0 Å². The Balaban J connectivity index is 1.62. The number of carbonyl (C=O) groups is 1. The van der Waals surface area contributed by atoms with Gasteiger partial charge >= 0.3 is 0 Å². The highest BCUT2D eigenvalue weighted by molar-refractivity contribution is 5.76. The van der Waals surface area contributed by atoms with Gasteiger partial charge in [-0.2, -0.15) is 0 Å². The molecule has 0 saturated carbocycles. The predicted octanol–water partition coefficient (Wildman–Crippen LogP) is 1.37. The second-order valence-electron chi connectivity index (χ2n) is 6.40. The number of piperidine rings is 1. The molecule has 2 atom stereocenters. The van der Waals surface area contributed by atoms with Crippen LogP contribution in [0.4, 0.5) is 0 Å². The van der Waals surface area contributed by atoms with Gasteiger partial charge in [0.2, 0.25) is 5.91 Å². The quantitative estimate of drug-likeness (QED) is 0.764. The minimum atomic E-state index is 0.180. The summed E-state index contributed by atoms with van der Waals surface area (Å²) < 4.78 is 0. The van der Waals surface area contributed by atoms with Crippen molar-refractivity contribution in [2.45, 2.75) is 58.0 Å². The van der Waals surface area contributed by atoms with Gasteiger partial charge in [-0.05, 0) is 31.7 Å². The van der Waals surface area contributed by atoms with Gasteiger partial charge in [0.15, 0.2) is 0 Å². The van der Waals surface area contributed by atoms with Gasteiger partial charge in [0.05, 0.1) is 0 Å². The normalized spacial score (nSPS) is 27.5. The predicted molar refractivity (Wildman–Crippen MR) is 78.1 cm³/mol. The van der Waals surface area contributed by atoms with Gasteiger partial charge in [-0.1, -0.05) is 20.3 Å². The fraction of sp³-hybridized carbons (Fsp3) is 0.933. The Hall–Kier alpha value is -0.610. The largest absolute Gasteiger partial charge is 0.356 e. The molecule has 19 heavy (non-hydrogen) atoms. The molecular formula is C15H29N3O. The third-order valence-corrected chi connectivity index (χ3v) is 4.32. The highest BCUT2D eigenvalue weighted by Gasteiger charge is 2.34. The lowest BCUT2D eigenvalue weighted by atomic mass is 9.99. The zero-order chi connectivity index (χ0) is 13.7. The molecule has 1 amide bonds. The molecule has 2 rings (SSSR count). The van der Waals surface area contributed by atoms with Crippen molar-refractivity contribution in [3.63, 3.8) is 0 Å². The van der Waals surface area contributed by atoms with E-state index in [0.717, 1.165) is 19.1 Å². The summed E-state index contributed by atoms with van der Waals surface area (Å²) >= 11 is 0. The fourth-order valence-corrected chi connectivity index (χ4v) is 3.26. The first-order chi connectivity index (χ1) is 9.16. The lowest BCUT2D eigenvalue weighted by Crippen LogP contribution is -2.45. The van der Waals surface area contributed by atoms with Crippen LogP contribution < -0.4 is 10.6 Å². The Bertz CT molecular complexity index is 293. The van der Waals surface area contributed by atoms with Gasteiger partial charge < -0.3 is 10.6 Å². The Labute approximate surface area is 117 Å². The molecule has 0 spiro atoms. The third kappa shape index (κ3) is 4.46. The van der Waals surface area contributed by atoms with E-state index >= 15 is 0 Å². The molecule has 2 aliphatic rings. The van der Waals surface area contributed by atoms with E-state index in [1.165, 1.54) is 38.8 Å². The highest BCUT2D eigenvalue weighted by Crippen LogP contribution is 2.26. The molecule has 110 valence electrons. The third-order valence-electron chi connectivity index (χ3n) is 4.32. The van der Waals surface area contributed by atoms with Crippen molar-refractivity contribution in [3.05, 3.63) is 0 Å². The van der Waals surface area contributed by atoms with Crippen LogP contribution in [-0.4, -0.2) is 49.1 Å². The van der Waals surface area contributed by atoms with Crippen molar-refractivity contribution in [1.82, 2.24) is 15.5 Å². The second kappa shape index (κ2) is 7.25. The zero-order valence-electron chi connectivity index (χ0n) is 12.5. The van der Waals surface area contributed by atoms with Crippen LogP contribution in [0.15, 0.2) is 0 Å². The molecule has 0 aliphatic carbocycles. The second-order valence-corrected chi connectivity index (χ2v) is 6.40. The lowest BCUT2D eigenvalue weighted by molar-refractivity contribution is -0.121. The number of carbonyl (C=O) groups excluding carboxylic acids is 1. The van der Waals surface area contributed by atoms with Crippen LogP contribution in [0.2, 0.25) is 0 Å². The summed E-state index contributed by atoms with van der Waals surface area (Å²) in [4.78, 5) is 14.3. The Morgan fingerprint density at radius 1 is 1.26 bits per heavy atom. The van der Waals surface area contributed by atoms with Gasteiger partial charge in [-0.15, -0.1) is 0 Å². The summed E-state index contributed by atoms with van der Waals surface area (Å²) in [6.45, 7) is 8.36. The Morgan fingerprint density at radius 2 is 2.11 bits per heavy atom. The van der Waals surface area contributed by atoms with E-state index < -0.39 is 0 Å². The summed E-state index contributed by atoms with van der Waals surface area (Å²) in [5.74, 6) is 0.710. The van der Waals surface area contributed by atoms with Crippen LogP contribution in [0.5, 0.6) is 0 Å². The first-order valence-corrected chi connectivity index (χ1v) is 7.91. The number of amides is 1.